The Balaban J connectivity index is 2.69. The number of rotatable bonds is 2. The summed E-state index contributed by atoms with van der Waals surface area (Å²) in [5.41, 5.74) is 9.94. The van der Waals surface area contributed by atoms with Gasteiger partial charge in [0.15, 0.2) is 0 Å². The number of nitrogens with zero attached hydrogens (tertiary/aromatic N) is 2. The largest absolute Gasteiger partial charge is 0.393 e. The Labute approximate surface area is 100 Å². The molecular weight excluding hydrogens is 218 g/mol. The third-order valence-corrected chi connectivity index (χ3v) is 3.19. The zero-order chi connectivity index (χ0) is 11.9. The molecule has 0 spiro atoms. The van der Waals surface area contributed by atoms with E-state index < -0.39 is 0 Å². The van der Waals surface area contributed by atoms with E-state index >= 15 is 0 Å². The maximum Gasteiger partial charge on any atom is 0.137 e. The quantitative estimate of drug-likeness (QED) is 0.810. The summed E-state index contributed by atoms with van der Waals surface area (Å²) in [5, 5.41) is 0. The molecule has 0 aromatic carbocycles. The summed E-state index contributed by atoms with van der Waals surface area (Å²) >= 11 is 5.05. The average molecular weight is 233 g/mol. The lowest BCUT2D eigenvalue weighted by atomic mass is 10.1. The Morgan fingerprint density at radius 3 is 2.81 bits per heavy atom. The monoisotopic (exact) mass is 233 g/mol. The van der Waals surface area contributed by atoms with E-state index in [1.54, 1.807) is 0 Å². The van der Waals surface area contributed by atoms with Crippen molar-refractivity contribution < 1.29 is 0 Å². The van der Waals surface area contributed by atoms with Crippen LogP contribution in [0.3, 0.4) is 0 Å². The van der Waals surface area contributed by atoms with Crippen molar-refractivity contribution in [3.63, 3.8) is 0 Å². The van der Waals surface area contributed by atoms with Crippen LogP contribution in [0, 0.1) is 13.8 Å². The van der Waals surface area contributed by atoms with Crippen molar-refractivity contribution in [2.24, 2.45) is 5.73 Å². The van der Waals surface area contributed by atoms with Crippen LogP contribution in [0.1, 0.15) is 29.8 Å². The van der Waals surface area contributed by atoms with Gasteiger partial charge in [0.2, 0.25) is 0 Å². The first-order chi connectivity index (χ1) is 7.50. The maximum atomic E-state index is 5.71. The third kappa shape index (κ3) is 1.69. The molecule has 3 nitrogen and oxygen atoms in total. The molecule has 2 heterocycles. The predicted molar refractivity (Wildman–Crippen MR) is 69.9 cm³/mol. The molecular formula is C12H15N3S. The lowest BCUT2D eigenvalue weighted by Gasteiger charge is -2.10. The third-order valence-electron chi connectivity index (χ3n) is 2.84. The molecule has 0 bridgehead atoms. The number of thiocarbonyl (C=S) groups is 1. The van der Waals surface area contributed by atoms with Gasteiger partial charge in [0.25, 0.3) is 0 Å². The van der Waals surface area contributed by atoms with Crippen LogP contribution in [-0.2, 0) is 0 Å². The number of aryl methyl sites for hydroxylation is 2. The van der Waals surface area contributed by atoms with Gasteiger partial charge in [-0.25, -0.2) is 4.98 Å². The zero-order valence-corrected chi connectivity index (χ0v) is 10.5. The minimum Gasteiger partial charge on any atom is -0.393 e. The molecule has 0 saturated heterocycles. The molecule has 2 rings (SSSR count). The van der Waals surface area contributed by atoms with Crippen LogP contribution in [0.2, 0.25) is 0 Å². The summed E-state index contributed by atoms with van der Waals surface area (Å²) in [5.74, 6) is 0.0488. The van der Waals surface area contributed by atoms with Gasteiger partial charge >= 0.3 is 0 Å². The lowest BCUT2D eigenvalue weighted by Crippen LogP contribution is -2.18. The Bertz CT molecular complexity index is 557. The molecule has 0 aliphatic rings. The molecule has 0 saturated carbocycles. The van der Waals surface area contributed by atoms with Crippen molar-refractivity contribution in [1.29, 1.82) is 0 Å². The van der Waals surface area contributed by atoms with E-state index in [1.165, 1.54) is 5.56 Å². The fraction of sp³-hybridized carbons (Fsp3) is 0.333. The predicted octanol–water partition coefficient (Wildman–Crippen LogP) is 2.34. The number of nitrogens with two attached hydrogens (primary N) is 1. The van der Waals surface area contributed by atoms with Gasteiger partial charge in [-0.3, -0.25) is 0 Å². The molecule has 0 aliphatic heterocycles. The van der Waals surface area contributed by atoms with Crippen LogP contribution in [0.15, 0.2) is 18.3 Å². The first-order valence-electron chi connectivity index (χ1n) is 5.25. The van der Waals surface area contributed by atoms with Crippen LogP contribution in [0.4, 0.5) is 0 Å². The van der Waals surface area contributed by atoms with E-state index in [0.29, 0.717) is 4.99 Å². The standard InChI is InChI=1S/C12H15N3S/c1-7-4-5-15-10(6-7)14-9(3)11(15)8(2)12(13)16/h4-6,8H,1-3H3,(H2,13,16). The SMILES string of the molecule is Cc1ccn2c(C(C)C(N)=S)c(C)nc2c1. The minimum absolute atomic E-state index is 0.0488. The molecule has 1 atom stereocenters. The first-order valence-corrected chi connectivity index (χ1v) is 5.66. The molecule has 16 heavy (non-hydrogen) atoms. The van der Waals surface area contributed by atoms with Crippen LogP contribution >= 0.6 is 12.2 Å². The van der Waals surface area contributed by atoms with Gasteiger partial charge in [0, 0.05) is 12.1 Å². The Morgan fingerprint density at radius 2 is 2.19 bits per heavy atom. The normalized spacial score (nSPS) is 12.9. The van der Waals surface area contributed by atoms with Crippen molar-refractivity contribution in [3.8, 4) is 0 Å². The number of imidazole rings is 1. The molecule has 2 aromatic rings. The lowest BCUT2D eigenvalue weighted by molar-refractivity contribution is 0.912. The van der Waals surface area contributed by atoms with Crippen LogP contribution in [0.25, 0.3) is 5.65 Å². The van der Waals surface area contributed by atoms with E-state index in [1.807, 2.05) is 20.0 Å². The molecule has 0 aliphatic carbocycles. The van der Waals surface area contributed by atoms with E-state index in [2.05, 4.69) is 28.4 Å². The summed E-state index contributed by atoms with van der Waals surface area (Å²) in [6.07, 6.45) is 2.02. The summed E-state index contributed by atoms with van der Waals surface area (Å²) in [7, 11) is 0. The van der Waals surface area contributed by atoms with Gasteiger partial charge in [0.05, 0.1) is 16.4 Å². The average Bonchev–Trinajstić information content (AvgIpc) is 2.51. The van der Waals surface area contributed by atoms with Crippen molar-refractivity contribution in [1.82, 2.24) is 9.38 Å². The second-order valence-electron chi connectivity index (χ2n) is 4.14. The highest BCUT2D eigenvalue weighted by atomic mass is 32.1. The van der Waals surface area contributed by atoms with Crippen molar-refractivity contribution >= 4 is 22.9 Å². The number of aromatic nitrogens is 2. The second kappa shape index (κ2) is 3.87. The van der Waals surface area contributed by atoms with Crippen LogP contribution < -0.4 is 5.73 Å². The second-order valence-corrected chi connectivity index (χ2v) is 4.61. The van der Waals surface area contributed by atoms with Gasteiger partial charge in [-0.2, -0.15) is 0 Å². The molecule has 4 heteroatoms. The number of fused-ring (bicyclic) bond motifs is 1. The van der Waals surface area contributed by atoms with Gasteiger partial charge in [0.1, 0.15) is 5.65 Å². The topological polar surface area (TPSA) is 43.3 Å². The van der Waals surface area contributed by atoms with Crippen LogP contribution in [0.5, 0.6) is 0 Å². The molecule has 0 fully saturated rings. The highest BCUT2D eigenvalue weighted by Crippen LogP contribution is 2.22. The Morgan fingerprint density at radius 1 is 1.50 bits per heavy atom. The van der Waals surface area contributed by atoms with E-state index in [0.717, 1.165) is 17.0 Å². The van der Waals surface area contributed by atoms with Crippen molar-refractivity contribution in [2.75, 3.05) is 0 Å². The molecule has 2 aromatic heterocycles. The van der Waals surface area contributed by atoms with Crippen molar-refractivity contribution in [2.45, 2.75) is 26.7 Å². The molecule has 2 N–H and O–H groups in total. The fourth-order valence-electron chi connectivity index (χ4n) is 1.94. The van der Waals surface area contributed by atoms with E-state index in [-0.39, 0.29) is 5.92 Å². The summed E-state index contributed by atoms with van der Waals surface area (Å²) in [6, 6.07) is 4.12. The van der Waals surface area contributed by atoms with Gasteiger partial charge in [-0.15, -0.1) is 0 Å². The fourth-order valence-corrected chi connectivity index (χ4v) is 2.05. The van der Waals surface area contributed by atoms with Crippen molar-refractivity contribution in [3.05, 3.63) is 35.3 Å². The molecule has 0 amide bonds. The Kier molecular flexibility index (Phi) is 2.68. The van der Waals surface area contributed by atoms with Gasteiger partial charge in [-0.1, -0.05) is 19.1 Å². The smallest absolute Gasteiger partial charge is 0.137 e. The Hall–Kier alpha value is -1.42. The minimum atomic E-state index is 0.0488. The zero-order valence-electron chi connectivity index (χ0n) is 9.69. The first kappa shape index (κ1) is 11.1. The number of hydrogen-bond donors (Lipinski definition) is 1. The summed E-state index contributed by atoms with van der Waals surface area (Å²) < 4.78 is 2.06. The van der Waals surface area contributed by atoms with Gasteiger partial charge in [-0.05, 0) is 31.5 Å². The number of hydrogen-bond acceptors (Lipinski definition) is 2. The van der Waals surface area contributed by atoms with E-state index in [9.17, 15) is 0 Å². The van der Waals surface area contributed by atoms with Crippen LogP contribution in [-0.4, -0.2) is 14.4 Å². The van der Waals surface area contributed by atoms with Gasteiger partial charge < -0.3 is 10.1 Å². The summed E-state index contributed by atoms with van der Waals surface area (Å²) in [4.78, 5) is 5.03. The maximum absolute atomic E-state index is 5.71. The molecule has 84 valence electrons. The molecule has 0 radical (unpaired) electrons. The highest BCUT2D eigenvalue weighted by Gasteiger charge is 2.17. The number of pyridine rings is 1. The highest BCUT2D eigenvalue weighted by molar-refractivity contribution is 7.80. The summed E-state index contributed by atoms with van der Waals surface area (Å²) in [6.45, 7) is 6.06. The van der Waals surface area contributed by atoms with E-state index in [4.69, 9.17) is 18.0 Å². The molecule has 1 unspecified atom stereocenters.